The minimum Gasteiger partial charge on any atom is -0.506 e. The molecule has 1 amide bonds. The topological polar surface area (TPSA) is 114 Å². The second-order valence-electron chi connectivity index (χ2n) is 6.60. The molecule has 2 aromatic carbocycles. The van der Waals surface area contributed by atoms with Gasteiger partial charge in [0.1, 0.15) is 11.4 Å². The van der Waals surface area contributed by atoms with Gasteiger partial charge >= 0.3 is 6.03 Å². The first-order chi connectivity index (χ1) is 15.2. The second kappa shape index (κ2) is 8.62. The molecule has 32 heavy (non-hydrogen) atoms. The molecule has 2 N–H and O–H groups in total. The molecule has 0 spiro atoms. The molecule has 2 aromatic heterocycles. The van der Waals surface area contributed by atoms with Crippen molar-refractivity contribution in [2.45, 2.75) is 4.90 Å². The summed E-state index contributed by atoms with van der Waals surface area (Å²) in [6.45, 7) is 0. The fourth-order valence-corrected chi connectivity index (χ4v) is 4.11. The highest BCUT2D eigenvalue weighted by Gasteiger charge is 2.22. The second-order valence-corrected chi connectivity index (χ2v) is 9.13. The van der Waals surface area contributed by atoms with Crippen LogP contribution in [0.25, 0.3) is 22.4 Å². The number of pyridine rings is 1. The maximum atomic E-state index is 12.8. The number of nitrogens with zero attached hydrogens (tertiary/aromatic N) is 3. The van der Waals surface area contributed by atoms with Crippen LogP contribution < -0.4 is 4.72 Å². The normalized spacial score (nSPS) is 11.3. The van der Waals surface area contributed by atoms with Crippen LogP contribution in [0.3, 0.4) is 0 Å². The Labute approximate surface area is 193 Å². The lowest BCUT2D eigenvalue weighted by molar-refractivity contribution is 0.244. The van der Waals surface area contributed by atoms with Crippen molar-refractivity contribution in [3.8, 4) is 28.1 Å². The molecular formula is C21H14Cl2N4O4S. The summed E-state index contributed by atoms with van der Waals surface area (Å²) in [5.41, 5.74) is 2.02. The average Bonchev–Trinajstić information content (AvgIpc) is 3.22. The predicted octanol–water partition coefficient (Wildman–Crippen LogP) is 4.57. The molecule has 162 valence electrons. The number of halogens is 2. The summed E-state index contributed by atoms with van der Waals surface area (Å²) in [7, 11) is -4.16. The van der Waals surface area contributed by atoms with Gasteiger partial charge in [-0.15, -0.1) is 0 Å². The molecule has 0 aliphatic carbocycles. The Hall–Kier alpha value is -3.40. The van der Waals surface area contributed by atoms with Gasteiger partial charge in [-0.05, 0) is 54.1 Å². The van der Waals surface area contributed by atoms with Gasteiger partial charge in [-0.3, -0.25) is 4.98 Å². The molecule has 0 saturated heterocycles. The maximum absolute atomic E-state index is 12.8. The van der Waals surface area contributed by atoms with E-state index in [2.05, 4.69) is 10.1 Å². The smallest absolute Gasteiger partial charge is 0.355 e. The van der Waals surface area contributed by atoms with E-state index in [4.69, 9.17) is 23.2 Å². The van der Waals surface area contributed by atoms with E-state index in [1.807, 2.05) is 4.72 Å². The van der Waals surface area contributed by atoms with E-state index in [-0.39, 0.29) is 15.7 Å². The fourth-order valence-electron chi connectivity index (χ4n) is 2.93. The van der Waals surface area contributed by atoms with Crippen molar-refractivity contribution in [2.24, 2.45) is 0 Å². The highest BCUT2D eigenvalue weighted by Crippen LogP contribution is 2.34. The van der Waals surface area contributed by atoms with E-state index < -0.39 is 16.1 Å². The van der Waals surface area contributed by atoms with Crippen LogP contribution in [0.1, 0.15) is 0 Å². The molecule has 0 bridgehead atoms. The molecule has 0 aliphatic rings. The Morgan fingerprint density at radius 2 is 1.66 bits per heavy atom. The fraction of sp³-hybridized carbons (Fsp3) is 0. The van der Waals surface area contributed by atoms with Gasteiger partial charge in [-0.25, -0.2) is 17.9 Å². The Morgan fingerprint density at radius 3 is 2.31 bits per heavy atom. The van der Waals surface area contributed by atoms with Crippen LogP contribution in [0.4, 0.5) is 4.79 Å². The van der Waals surface area contributed by atoms with E-state index in [0.29, 0.717) is 27.4 Å². The number of phenolic OH excluding ortho intramolecular Hbond substituents is 1. The quantitative estimate of drug-likeness (QED) is 0.434. The molecule has 0 fully saturated rings. The van der Waals surface area contributed by atoms with Gasteiger partial charge in [-0.2, -0.15) is 9.78 Å². The number of benzene rings is 2. The van der Waals surface area contributed by atoms with Crippen LogP contribution in [0.15, 0.2) is 78.1 Å². The Kier molecular flexibility index (Phi) is 5.88. The number of nitrogens with one attached hydrogen (secondary N) is 1. The first kappa shape index (κ1) is 21.8. The predicted molar refractivity (Wildman–Crippen MR) is 120 cm³/mol. The third kappa shape index (κ3) is 4.45. The average molecular weight is 489 g/mol. The van der Waals surface area contributed by atoms with E-state index >= 15 is 0 Å². The van der Waals surface area contributed by atoms with Crippen molar-refractivity contribution in [2.75, 3.05) is 0 Å². The monoisotopic (exact) mass is 488 g/mol. The van der Waals surface area contributed by atoms with Gasteiger partial charge in [0.15, 0.2) is 0 Å². The number of amides is 1. The summed E-state index contributed by atoms with van der Waals surface area (Å²) in [5, 5.41) is 14.8. The molecule has 0 radical (unpaired) electrons. The summed E-state index contributed by atoms with van der Waals surface area (Å²) in [5.74, 6) is -0.158. The molecule has 4 aromatic rings. The summed E-state index contributed by atoms with van der Waals surface area (Å²) < 4.78 is 28.0. The first-order valence-corrected chi connectivity index (χ1v) is 11.3. The van der Waals surface area contributed by atoms with Gasteiger partial charge in [0, 0.05) is 34.7 Å². The number of hydrogen-bond donors (Lipinski definition) is 2. The molecule has 0 aliphatic heterocycles. The lowest BCUT2D eigenvalue weighted by atomic mass is 10.0. The number of carbonyl (C=O) groups is 1. The molecular weight excluding hydrogens is 475 g/mol. The van der Waals surface area contributed by atoms with Crippen LogP contribution in [0, 0.1) is 0 Å². The summed E-state index contributed by atoms with van der Waals surface area (Å²) in [6.07, 6.45) is 4.53. The van der Waals surface area contributed by atoms with Crippen LogP contribution in [0.5, 0.6) is 5.75 Å². The zero-order valence-electron chi connectivity index (χ0n) is 16.1. The third-order valence-corrected chi connectivity index (χ3v) is 6.39. The maximum Gasteiger partial charge on any atom is 0.355 e. The van der Waals surface area contributed by atoms with Crippen molar-refractivity contribution in [1.82, 2.24) is 19.5 Å². The Morgan fingerprint density at radius 1 is 0.969 bits per heavy atom. The van der Waals surface area contributed by atoms with Crippen molar-refractivity contribution in [3.05, 3.63) is 83.2 Å². The number of hydrogen-bond acceptors (Lipinski definition) is 6. The molecule has 8 nitrogen and oxygen atoms in total. The molecule has 0 saturated carbocycles. The lowest BCUT2D eigenvalue weighted by Crippen LogP contribution is -2.34. The van der Waals surface area contributed by atoms with E-state index in [1.165, 1.54) is 42.6 Å². The van der Waals surface area contributed by atoms with Crippen LogP contribution in [-0.4, -0.2) is 34.3 Å². The van der Waals surface area contributed by atoms with E-state index in [9.17, 15) is 18.3 Å². The number of carbonyl (C=O) groups excluding carboxylic acids is 1. The number of rotatable bonds is 4. The van der Waals surface area contributed by atoms with Crippen LogP contribution in [-0.2, 0) is 10.0 Å². The van der Waals surface area contributed by atoms with Gasteiger partial charge in [0.25, 0.3) is 10.0 Å². The highest BCUT2D eigenvalue weighted by molar-refractivity contribution is 7.90. The summed E-state index contributed by atoms with van der Waals surface area (Å²) in [6, 6.07) is 12.3. The minimum atomic E-state index is -4.16. The van der Waals surface area contributed by atoms with Crippen molar-refractivity contribution >= 4 is 39.3 Å². The van der Waals surface area contributed by atoms with Crippen LogP contribution >= 0.6 is 23.2 Å². The zero-order valence-corrected chi connectivity index (χ0v) is 18.4. The summed E-state index contributed by atoms with van der Waals surface area (Å²) >= 11 is 11.7. The molecule has 4 rings (SSSR count). The van der Waals surface area contributed by atoms with Crippen molar-refractivity contribution < 1.29 is 18.3 Å². The molecule has 0 unspecified atom stereocenters. The largest absolute Gasteiger partial charge is 0.506 e. The van der Waals surface area contributed by atoms with E-state index in [1.54, 1.807) is 30.6 Å². The van der Waals surface area contributed by atoms with Crippen molar-refractivity contribution in [1.29, 1.82) is 0 Å². The first-order valence-electron chi connectivity index (χ1n) is 9.06. The Bertz CT molecular complexity index is 1410. The van der Waals surface area contributed by atoms with Gasteiger partial charge in [0.05, 0.1) is 9.92 Å². The standard InChI is InChI=1S/C21H14Cl2N4O4S/c22-15-2-4-16(5-3-15)32(30,31)26-21(29)27-12-17(13-7-9-24-10-8-13)20(25-27)14-1-6-18(23)19(28)11-14/h1-12,28H,(H,26,29). The van der Waals surface area contributed by atoms with Gasteiger partial charge < -0.3 is 5.11 Å². The molecule has 11 heteroatoms. The number of sulfonamides is 1. The number of phenols is 1. The minimum absolute atomic E-state index is 0.125. The van der Waals surface area contributed by atoms with Gasteiger partial charge in [0.2, 0.25) is 0 Å². The third-order valence-electron chi connectivity index (χ3n) is 4.48. The van der Waals surface area contributed by atoms with Crippen LogP contribution in [0.2, 0.25) is 10.0 Å². The molecule has 2 heterocycles. The highest BCUT2D eigenvalue weighted by atomic mass is 35.5. The number of aromatic nitrogens is 3. The SMILES string of the molecule is O=C(NS(=O)(=O)c1ccc(Cl)cc1)n1cc(-c2ccncc2)c(-c2ccc(Cl)c(O)c2)n1. The van der Waals surface area contributed by atoms with Gasteiger partial charge in [-0.1, -0.05) is 29.3 Å². The number of aromatic hydroxyl groups is 1. The Balaban J connectivity index is 1.74. The molecule has 0 atom stereocenters. The zero-order chi connectivity index (χ0) is 22.9. The van der Waals surface area contributed by atoms with E-state index in [0.717, 1.165) is 4.68 Å². The summed E-state index contributed by atoms with van der Waals surface area (Å²) in [4.78, 5) is 16.6. The van der Waals surface area contributed by atoms with Crippen molar-refractivity contribution in [3.63, 3.8) is 0 Å². The lowest BCUT2D eigenvalue weighted by Gasteiger charge is -2.06.